The van der Waals surface area contributed by atoms with Gasteiger partial charge in [-0.25, -0.2) is 0 Å². The summed E-state index contributed by atoms with van der Waals surface area (Å²) in [5.41, 5.74) is 10.5. The first-order valence-electron chi connectivity index (χ1n) is 6.99. The molecule has 1 saturated heterocycles. The van der Waals surface area contributed by atoms with Gasteiger partial charge in [0, 0.05) is 31.3 Å². The van der Waals surface area contributed by atoms with Crippen LogP contribution in [0.1, 0.15) is 41.5 Å². The summed E-state index contributed by atoms with van der Waals surface area (Å²) in [6, 6.07) is 0. The van der Waals surface area contributed by atoms with Gasteiger partial charge in [0.1, 0.15) is 0 Å². The molecule has 1 fully saturated rings. The van der Waals surface area contributed by atoms with Gasteiger partial charge in [-0.1, -0.05) is 0 Å². The van der Waals surface area contributed by atoms with E-state index in [4.69, 9.17) is 38.8 Å². The molecule has 0 radical (unpaired) electrons. The van der Waals surface area contributed by atoms with E-state index in [1.165, 1.54) is 6.54 Å². The lowest BCUT2D eigenvalue weighted by atomic mass is 10.1. The second-order valence-electron chi connectivity index (χ2n) is 7.00. The summed E-state index contributed by atoms with van der Waals surface area (Å²) < 4.78 is 36.5. The summed E-state index contributed by atoms with van der Waals surface area (Å²) in [7, 11) is -3.01. The molecule has 0 atom stereocenters. The fourth-order valence-corrected chi connectivity index (χ4v) is 0.260. The second-order valence-corrected chi connectivity index (χ2v) is 7.90. The van der Waals surface area contributed by atoms with Gasteiger partial charge in [0.2, 0.25) is 0 Å². The highest BCUT2D eigenvalue weighted by molar-refractivity contribution is 7.79. The molecule has 0 amide bonds. The van der Waals surface area contributed by atoms with Crippen LogP contribution in [0.5, 0.6) is 0 Å². The van der Waals surface area contributed by atoms with Gasteiger partial charge in [-0.05, 0) is 41.5 Å². The molecule has 8 N–H and O–H groups in total. The van der Waals surface area contributed by atoms with Gasteiger partial charge in [0.05, 0.1) is 12.2 Å². The van der Waals surface area contributed by atoms with Crippen LogP contribution in [0.3, 0.4) is 0 Å². The van der Waals surface area contributed by atoms with Gasteiger partial charge in [-0.2, -0.15) is 8.42 Å². The zero-order valence-corrected chi connectivity index (χ0v) is 16.1. The molecule has 1 aliphatic heterocycles. The molecule has 0 aliphatic carbocycles. The van der Waals surface area contributed by atoms with Crippen molar-refractivity contribution in [2.45, 2.75) is 58.2 Å². The highest BCUT2D eigenvalue weighted by Crippen LogP contribution is 2.11. The molecule has 0 aromatic heterocycles. The monoisotopic (exact) mass is 361 g/mol. The lowest BCUT2D eigenvalue weighted by Gasteiger charge is -2.19. The first kappa shape index (κ1) is 27.5. The third kappa shape index (κ3) is 44.9. The number of hydrogen-bond acceptors (Lipinski definition) is 7. The zero-order chi connectivity index (χ0) is 19.5. The third-order valence-electron chi connectivity index (χ3n) is 2.34. The Morgan fingerprint density at radius 1 is 1.22 bits per heavy atom. The molecule has 0 bridgehead atoms. The van der Waals surface area contributed by atoms with Crippen molar-refractivity contribution in [2.24, 2.45) is 11.5 Å². The first-order valence-corrected chi connectivity index (χ1v) is 8.39. The van der Waals surface area contributed by atoms with E-state index in [2.05, 4.69) is 19.2 Å². The molecule has 144 valence electrons. The average Bonchev–Trinajstić information content (AvgIpc) is 3.03. The molecule has 1 rings (SSSR count). The topological polar surface area (TPSA) is 178 Å². The van der Waals surface area contributed by atoms with E-state index >= 15 is 0 Å². The number of hydrogen-bond donors (Lipinski definition) is 6. The number of ether oxygens (including phenoxy) is 1. The predicted octanol–water partition coefficient (Wildman–Crippen LogP) is -0.198. The minimum Gasteiger partial charge on any atom is -0.394 e. The van der Waals surface area contributed by atoms with Crippen LogP contribution in [0.4, 0.5) is 0 Å². The summed E-state index contributed by atoms with van der Waals surface area (Å²) in [4.78, 5) is 0. The van der Waals surface area contributed by atoms with E-state index in [0.29, 0.717) is 12.1 Å². The standard InChI is InChI=1S/C5H13NO.C4H11NO.C4H9N.H2O4S/c1-5(2,4-6)7-3;1-4(2,5)3-6;1-4(2)3-5-4;1-5(2,3)4/h4,6H2,1-3H3;6H,3,5H2,1-2H3;5H,3H2,1-2H3;(H2,1,2,3,4). The molecular weight excluding hydrogens is 326 g/mol. The summed E-state index contributed by atoms with van der Waals surface area (Å²) >= 11 is 0. The number of aliphatic hydroxyl groups is 1. The van der Waals surface area contributed by atoms with E-state index in [9.17, 15) is 0 Å². The lowest BCUT2D eigenvalue weighted by Crippen LogP contribution is -2.35. The van der Waals surface area contributed by atoms with E-state index < -0.39 is 15.9 Å². The van der Waals surface area contributed by atoms with Crippen LogP contribution in [0, 0.1) is 0 Å². The highest BCUT2D eigenvalue weighted by Gasteiger charge is 2.29. The Morgan fingerprint density at radius 2 is 1.43 bits per heavy atom. The van der Waals surface area contributed by atoms with Gasteiger partial charge in [0.25, 0.3) is 0 Å². The van der Waals surface area contributed by atoms with Crippen LogP contribution in [0.2, 0.25) is 0 Å². The maximum atomic E-state index is 8.74. The molecule has 0 aromatic rings. The number of nitrogens with two attached hydrogens (primary N) is 2. The molecule has 10 heteroatoms. The van der Waals surface area contributed by atoms with Gasteiger partial charge in [-0.15, -0.1) is 0 Å². The van der Waals surface area contributed by atoms with E-state index in [1.54, 1.807) is 21.0 Å². The van der Waals surface area contributed by atoms with Gasteiger partial charge >= 0.3 is 10.4 Å². The molecule has 0 aromatic carbocycles. The fraction of sp³-hybridized carbons (Fsp3) is 1.00. The first-order chi connectivity index (χ1) is 9.89. The molecule has 0 unspecified atom stereocenters. The molecule has 23 heavy (non-hydrogen) atoms. The maximum absolute atomic E-state index is 8.74. The predicted molar refractivity (Wildman–Crippen MR) is 91.8 cm³/mol. The molecule has 0 spiro atoms. The lowest BCUT2D eigenvalue weighted by molar-refractivity contribution is 0.0307. The number of rotatable bonds is 3. The maximum Gasteiger partial charge on any atom is 0.394 e. The SMILES string of the molecule is CC(C)(N)CO.CC1(C)CN1.COC(C)(C)CN.O=S(=O)(O)O. The van der Waals surface area contributed by atoms with E-state index in [0.717, 1.165) is 0 Å². The van der Waals surface area contributed by atoms with Crippen molar-refractivity contribution >= 4 is 10.4 Å². The minimum atomic E-state index is -4.67. The van der Waals surface area contributed by atoms with Crippen molar-refractivity contribution in [2.75, 3.05) is 26.8 Å². The summed E-state index contributed by atoms with van der Waals surface area (Å²) in [6.07, 6.45) is 0. The van der Waals surface area contributed by atoms with Gasteiger partial charge in [0.15, 0.2) is 0 Å². The van der Waals surface area contributed by atoms with Crippen molar-refractivity contribution in [3.8, 4) is 0 Å². The number of aliphatic hydroxyl groups excluding tert-OH is 1. The van der Waals surface area contributed by atoms with Crippen molar-refractivity contribution in [1.29, 1.82) is 0 Å². The summed E-state index contributed by atoms with van der Waals surface area (Å²) in [6.45, 7) is 13.6. The average molecular weight is 362 g/mol. The van der Waals surface area contributed by atoms with Crippen molar-refractivity contribution in [1.82, 2.24) is 5.32 Å². The van der Waals surface area contributed by atoms with Crippen LogP contribution in [0.25, 0.3) is 0 Å². The van der Waals surface area contributed by atoms with E-state index in [1.807, 2.05) is 13.8 Å². The Morgan fingerprint density at radius 3 is 1.43 bits per heavy atom. The molecule has 1 aliphatic rings. The van der Waals surface area contributed by atoms with E-state index in [-0.39, 0.29) is 12.2 Å². The van der Waals surface area contributed by atoms with Crippen molar-refractivity contribution in [3.05, 3.63) is 0 Å². The Kier molecular flexibility index (Phi) is 13.5. The van der Waals surface area contributed by atoms with Crippen LogP contribution >= 0.6 is 0 Å². The Bertz CT molecular complexity index is 371. The number of methoxy groups -OCH3 is 1. The fourth-order valence-electron chi connectivity index (χ4n) is 0.260. The van der Waals surface area contributed by atoms with Crippen molar-refractivity contribution in [3.63, 3.8) is 0 Å². The minimum absolute atomic E-state index is 0.0486. The summed E-state index contributed by atoms with van der Waals surface area (Å²) in [5.74, 6) is 0. The third-order valence-corrected chi connectivity index (χ3v) is 2.34. The molecule has 0 saturated carbocycles. The zero-order valence-electron chi connectivity index (χ0n) is 15.3. The smallest absolute Gasteiger partial charge is 0.394 e. The van der Waals surface area contributed by atoms with Crippen LogP contribution in [-0.4, -0.2) is 66.1 Å². The Balaban J connectivity index is -0.000000234. The Hall–Kier alpha value is -0.330. The summed E-state index contributed by atoms with van der Waals surface area (Å²) in [5, 5.41) is 11.5. The quantitative estimate of drug-likeness (QED) is 0.293. The van der Waals surface area contributed by atoms with Gasteiger partial charge in [-0.3, -0.25) is 9.11 Å². The number of nitrogens with one attached hydrogen (secondary N) is 1. The van der Waals surface area contributed by atoms with Crippen molar-refractivity contribution < 1.29 is 27.4 Å². The molecule has 9 nitrogen and oxygen atoms in total. The molecule has 1 heterocycles. The Labute approximate surface area is 140 Å². The highest BCUT2D eigenvalue weighted by atomic mass is 32.3. The largest absolute Gasteiger partial charge is 0.394 e. The van der Waals surface area contributed by atoms with Crippen LogP contribution < -0.4 is 16.8 Å². The second kappa shape index (κ2) is 11.3. The van der Waals surface area contributed by atoms with Crippen LogP contribution in [-0.2, 0) is 15.1 Å². The molecular formula is C13H35N3O6S. The van der Waals surface area contributed by atoms with Crippen LogP contribution in [0.15, 0.2) is 0 Å². The normalized spacial score (nSPS) is 15.8. The van der Waals surface area contributed by atoms with Gasteiger partial charge < -0.3 is 26.6 Å².